The molecule has 142 valence electrons. The van der Waals surface area contributed by atoms with Gasteiger partial charge in [-0.1, -0.05) is 0 Å². The van der Waals surface area contributed by atoms with Crippen LogP contribution in [0.25, 0.3) is 0 Å². The average Bonchev–Trinajstić information content (AvgIpc) is 2.80. The van der Waals surface area contributed by atoms with Crippen LogP contribution in [0.5, 0.6) is 0 Å². The predicted molar refractivity (Wildman–Crippen MR) is 92.0 cm³/mol. The number of nitrogens with zero attached hydrogens (tertiary/aromatic N) is 1. The highest BCUT2D eigenvalue weighted by molar-refractivity contribution is 6.12. The lowest BCUT2D eigenvalue weighted by molar-refractivity contribution is -0.139. The molecule has 0 aromatic carbocycles. The molecule has 0 spiro atoms. The second kappa shape index (κ2) is 9.10. The number of rotatable bonds is 12. The maximum Gasteiger partial charge on any atom is 0.303 e. The van der Waals surface area contributed by atoms with Crippen molar-refractivity contribution >= 4 is 17.8 Å². The van der Waals surface area contributed by atoms with E-state index in [-0.39, 0.29) is 18.2 Å². The molecule has 2 amide bonds. The number of aliphatic carboxylic acids is 1. The van der Waals surface area contributed by atoms with Gasteiger partial charge in [-0.25, -0.2) is 0 Å². The molecule has 0 aliphatic carbocycles. The molecular weight excluding hydrogens is 326 g/mol. The molecule has 0 radical (unpaired) electrons. The molecule has 1 N–H and O–H groups in total. The summed E-state index contributed by atoms with van der Waals surface area (Å²) in [6, 6.07) is 0. The first-order chi connectivity index (χ1) is 11.5. The van der Waals surface area contributed by atoms with Gasteiger partial charge in [-0.15, -0.1) is 0 Å². The van der Waals surface area contributed by atoms with E-state index in [1.54, 1.807) is 0 Å². The standard InChI is InChI=1S/C18H29NO6/c1-17(2,9-11-19-14(20)7-8-15(19)21)25-13-10-18(3,4)24-12-5-6-16(22)23/h7-8H,5-6,9-13H2,1-4H3,(H,22,23). The first-order valence-electron chi connectivity index (χ1n) is 8.56. The molecule has 1 heterocycles. The molecular formula is C18H29NO6. The van der Waals surface area contributed by atoms with E-state index in [2.05, 4.69) is 0 Å². The third-order valence-electron chi connectivity index (χ3n) is 4.06. The summed E-state index contributed by atoms with van der Waals surface area (Å²) in [6.07, 6.45) is 4.35. The van der Waals surface area contributed by atoms with Gasteiger partial charge in [0.2, 0.25) is 0 Å². The Labute approximate surface area is 149 Å². The van der Waals surface area contributed by atoms with E-state index in [1.807, 2.05) is 27.7 Å². The smallest absolute Gasteiger partial charge is 0.303 e. The molecule has 0 saturated carbocycles. The highest BCUT2D eigenvalue weighted by atomic mass is 16.5. The lowest BCUT2D eigenvalue weighted by Crippen LogP contribution is -2.37. The molecule has 0 aromatic heterocycles. The van der Waals surface area contributed by atoms with Crippen LogP contribution in [0.3, 0.4) is 0 Å². The van der Waals surface area contributed by atoms with Crippen molar-refractivity contribution < 1.29 is 29.0 Å². The fourth-order valence-electron chi connectivity index (χ4n) is 2.32. The lowest BCUT2D eigenvalue weighted by Gasteiger charge is -2.30. The van der Waals surface area contributed by atoms with Crippen molar-refractivity contribution in [2.75, 3.05) is 19.8 Å². The Balaban J connectivity index is 2.26. The van der Waals surface area contributed by atoms with E-state index < -0.39 is 17.2 Å². The van der Waals surface area contributed by atoms with Gasteiger partial charge in [-0.05, 0) is 47.0 Å². The van der Waals surface area contributed by atoms with Crippen LogP contribution in [-0.2, 0) is 23.9 Å². The fraction of sp³-hybridized carbons (Fsp3) is 0.722. The molecule has 1 aliphatic rings. The highest BCUT2D eigenvalue weighted by Crippen LogP contribution is 2.21. The van der Waals surface area contributed by atoms with Crippen molar-refractivity contribution in [3.05, 3.63) is 12.2 Å². The summed E-state index contributed by atoms with van der Waals surface area (Å²) in [7, 11) is 0. The van der Waals surface area contributed by atoms with Gasteiger partial charge in [-0.2, -0.15) is 0 Å². The SMILES string of the molecule is CC(C)(CCOC(C)(C)CCN1C(=O)C=CC1=O)OCCCC(=O)O. The zero-order valence-electron chi connectivity index (χ0n) is 15.5. The third-order valence-corrected chi connectivity index (χ3v) is 4.06. The Morgan fingerprint density at radius 1 is 1.00 bits per heavy atom. The molecule has 1 rings (SSSR count). The van der Waals surface area contributed by atoms with E-state index in [1.165, 1.54) is 17.1 Å². The van der Waals surface area contributed by atoms with Crippen molar-refractivity contribution in [3.8, 4) is 0 Å². The van der Waals surface area contributed by atoms with Crippen LogP contribution >= 0.6 is 0 Å². The first-order valence-corrected chi connectivity index (χ1v) is 8.56. The number of carbonyl (C=O) groups is 3. The minimum Gasteiger partial charge on any atom is -0.481 e. The van der Waals surface area contributed by atoms with Gasteiger partial charge in [0.25, 0.3) is 11.8 Å². The number of imide groups is 1. The maximum absolute atomic E-state index is 11.5. The number of ether oxygens (including phenoxy) is 2. The van der Waals surface area contributed by atoms with E-state index in [9.17, 15) is 14.4 Å². The molecule has 0 fully saturated rings. The van der Waals surface area contributed by atoms with Gasteiger partial charge < -0.3 is 14.6 Å². The molecule has 0 unspecified atom stereocenters. The van der Waals surface area contributed by atoms with Crippen LogP contribution < -0.4 is 0 Å². The number of hydrogen-bond donors (Lipinski definition) is 1. The Hall–Kier alpha value is -1.73. The van der Waals surface area contributed by atoms with Crippen molar-refractivity contribution in [1.29, 1.82) is 0 Å². The van der Waals surface area contributed by atoms with Crippen LogP contribution in [0.2, 0.25) is 0 Å². The molecule has 7 nitrogen and oxygen atoms in total. The van der Waals surface area contributed by atoms with E-state index in [0.29, 0.717) is 39.0 Å². The number of carboxylic acid groups (broad SMARTS) is 1. The topological polar surface area (TPSA) is 93.1 Å². The molecule has 0 bridgehead atoms. The molecule has 7 heteroatoms. The molecule has 0 aromatic rings. The monoisotopic (exact) mass is 355 g/mol. The Morgan fingerprint density at radius 3 is 2.08 bits per heavy atom. The number of carboxylic acids is 1. The minimum absolute atomic E-state index is 0.0996. The van der Waals surface area contributed by atoms with Gasteiger partial charge in [0.05, 0.1) is 17.8 Å². The van der Waals surface area contributed by atoms with E-state index in [4.69, 9.17) is 14.6 Å². The maximum atomic E-state index is 11.5. The molecule has 0 saturated heterocycles. The highest BCUT2D eigenvalue weighted by Gasteiger charge is 2.28. The normalized spacial score (nSPS) is 15.3. The van der Waals surface area contributed by atoms with Gasteiger partial charge in [0.1, 0.15) is 0 Å². The molecule has 1 aliphatic heterocycles. The Morgan fingerprint density at radius 2 is 1.52 bits per heavy atom. The summed E-state index contributed by atoms with van der Waals surface area (Å²) in [5.41, 5.74) is -0.873. The zero-order valence-corrected chi connectivity index (χ0v) is 15.5. The van der Waals surface area contributed by atoms with Gasteiger partial charge >= 0.3 is 5.97 Å². The summed E-state index contributed by atoms with van der Waals surface area (Å²) in [4.78, 5) is 34.8. The second-order valence-corrected chi connectivity index (χ2v) is 7.38. The van der Waals surface area contributed by atoms with E-state index >= 15 is 0 Å². The van der Waals surface area contributed by atoms with Crippen LogP contribution in [0.4, 0.5) is 0 Å². The lowest BCUT2D eigenvalue weighted by atomic mass is 10.0. The summed E-state index contributed by atoms with van der Waals surface area (Å²) in [5, 5.41) is 8.61. The number of amides is 2. The van der Waals surface area contributed by atoms with Gasteiger partial charge in [0, 0.05) is 31.7 Å². The van der Waals surface area contributed by atoms with Crippen LogP contribution in [0, 0.1) is 0 Å². The van der Waals surface area contributed by atoms with Crippen molar-refractivity contribution in [1.82, 2.24) is 4.90 Å². The summed E-state index contributed by atoms with van der Waals surface area (Å²) in [5.74, 6) is -1.38. The zero-order chi connectivity index (χ0) is 19.1. The van der Waals surface area contributed by atoms with Crippen molar-refractivity contribution in [3.63, 3.8) is 0 Å². The Kier molecular flexibility index (Phi) is 7.76. The minimum atomic E-state index is -0.823. The Bertz CT molecular complexity index is 506. The molecule has 25 heavy (non-hydrogen) atoms. The van der Waals surface area contributed by atoms with Crippen molar-refractivity contribution in [2.45, 2.75) is 64.6 Å². The number of hydrogen-bond acceptors (Lipinski definition) is 5. The quantitative estimate of drug-likeness (QED) is 0.426. The first kappa shape index (κ1) is 21.3. The second-order valence-electron chi connectivity index (χ2n) is 7.38. The van der Waals surface area contributed by atoms with Crippen molar-refractivity contribution in [2.24, 2.45) is 0 Å². The van der Waals surface area contributed by atoms with Gasteiger partial charge in [-0.3, -0.25) is 19.3 Å². The summed E-state index contributed by atoms with van der Waals surface area (Å²) >= 11 is 0. The predicted octanol–water partition coefficient (Wildman–Crippen LogP) is 2.15. The third kappa shape index (κ3) is 8.27. The average molecular weight is 355 g/mol. The van der Waals surface area contributed by atoms with Crippen LogP contribution in [0.15, 0.2) is 12.2 Å². The van der Waals surface area contributed by atoms with Gasteiger partial charge in [0.15, 0.2) is 0 Å². The van der Waals surface area contributed by atoms with E-state index in [0.717, 1.165) is 0 Å². The number of carbonyl (C=O) groups excluding carboxylic acids is 2. The summed E-state index contributed by atoms with van der Waals surface area (Å²) in [6.45, 7) is 8.92. The summed E-state index contributed by atoms with van der Waals surface area (Å²) < 4.78 is 11.6. The largest absolute Gasteiger partial charge is 0.481 e. The molecule has 0 atom stereocenters. The fourth-order valence-corrected chi connectivity index (χ4v) is 2.32. The van der Waals surface area contributed by atoms with Crippen LogP contribution in [-0.4, -0.2) is 58.8 Å². The van der Waals surface area contributed by atoms with Crippen LogP contribution in [0.1, 0.15) is 53.4 Å².